The zero-order chi connectivity index (χ0) is 19.2. The molecule has 0 radical (unpaired) electrons. The van der Waals surface area contributed by atoms with Gasteiger partial charge in [-0.3, -0.25) is 9.67 Å². The molecule has 1 aliphatic heterocycles. The van der Waals surface area contributed by atoms with Gasteiger partial charge in [0.25, 0.3) is 0 Å². The van der Waals surface area contributed by atoms with Crippen LogP contribution in [0.3, 0.4) is 0 Å². The summed E-state index contributed by atoms with van der Waals surface area (Å²) in [5.41, 5.74) is 1.68. The fourth-order valence-electron chi connectivity index (χ4n) is 3.04. The lowest BCUT2D eigenvalue weighted by Crippen LogP contribution is -2.48. The van der Waals surface area contributed by atoms with Crippen LogP contribution in [0.15, 0.2) is 41.7 Å². The number of morpholine rings is 1. The van der Waals surface area contributed by atoms with Crippen LogP contribution in [0.1, 0.15) is 30.3 Å². The molecule has 1 fully saturated rings. The van der Waals surface area contributed by atoms with Gasteiger partial charge in [0.1, 0.15) is 11.9 Å². The molecular weight excluding hydrogens is 349 g/mol. The van der Waals surface area contributed by atoms with Gasteiger partial charge >= 0.3 is 0 Å². The molecule has 0 bridgehead atoms. The van der Waals surface area contributed by atoms with E-state index in [0.29, 0.717) is 18.7 Å². The highest BCUT2D eigenvalue weighted by Gasteiger charge is 2.25. The maximum Gasteiger partial charge on any atom is 0.194 e. The molecule has 8 heteroatoms. The number of hydrogen-bond acceptors (Lipinski definition) is 4. The summed E-state index contributed by atoms with van der Waals surface area (Å²) in [4.78, 5) is 6.71. The molecule has 3 rings (SSSR count). The van der Waals surface area contributed by atoms with E-state index < -0.39 is 6.10 Å². The van der Waals surface area contributed by atoms with E-state index in [9.17, 15) is 9.50 Å². The molecule has 1 aromatic heterocycles. The Balaban J connectivity index is 1.68. The van der Waals surface area contributed by atoms with Crippen molar-refractivity contribution in [3.05, 3.63) is 53.6 Å². The third kappa shape index (κ3) is 5.05. The number of aliphatic imine (C=N–C) groups is 1. The summed E-state index contributed by atoms with van der Waals surface area (Å²) in [6, 6.07) is 5.84. The second-order valence-corrected chi connectivity index (χ2v) is 6.51. The lowest BCUT2D eigenvalue weighted by Gasteiger charge is -2.35. The smallest absolute Gasteiger partial charge is 0.194 e. The highest BCUT2D eigenvalue weighted by molar-refractivity contribution is 5.80. The Bertz CT molecular complexity index is 762. The standard InChI is InChI=1S/C19H26FN5O2/c1-3-21-19(22-11-17(26)14-4-6-16(20)7-5-14)25-8-9-27-18(13-25)15-10-23-24(2)12-15/h4-7,10,12,17-18,26H,3,8-9,11,13H2,1-2H3,(H,21,22). The number of aliphatic hydroxyl groups excluding tert-OH is 1. The summed E-state index contributed by atoms with van der Waals surface area (Å²) in [6.07, 6.45) is 2.92. The van der Waals surface area contributed by atoms with Crippen molar-refractivity contribution in [3.63, 3.8) is 0 Å². The normalized spacial score (nSPS) is 19.2. The molecule has 2 aromatic rings. The van der Waals surface area contributed by atoms with Crippen LogP contribution in [-0.2, 0) is 11.8 Å². The van der Waals surface area contributed by atoms with Gasteiger partial charge < -0.3 is 20.1 Å². The summed E-state index contributed by atoms with van der Waals surface area (Å²) >= 11 is 0. The first-order chi connectivity index (χ1) is 13.1. The van der Waals surface area contributed by atoms with Crippen molar-refractivity contribution in [1.82, 2.24) is 20.0 Å². The minimum absolute atomic E-state index is 0.0710. The van der Waals surface area contributed by atoms with Crippen LogP contribution >= 0.6 is 0 Å². The Morgan fingerprint density at radius 3 is 2.89 bits per heavy atom. The Hall–Kier alpha value is -2.45. The minimum atomic E-state index is -0.783. The van der Waals surface area contributed by atoms with Crippen molar-refractivity contribution in [2.45, 2.75) is 19.1 Å². The Kier molecular flexibility index (Phi) is 6.41. The quantitative estimate of drug-likeness (QED) is 0.614. The van der Waals surface area contributed by atoms with Gasteiger partial charge in [0, 0.05) is 31.9 Å². The molecule has 1 aromatic carbocycles. The Labute approximate surface area is 158 Å². The van der Waals surface area contributed by atoms with Crippen molar-refractivity contribution in [3.8, 4) is 0 Å². The van der Waals surface area contributed by atoms with E-state index in [1.54, 1.807) is 16.8 Å². The minimum Gasteiger partial charge on any atom is -0.386 e. The summed E-state index contributed by atoms with van der Waals surface area (Å²) in [7, 11) is 1.88. The molecule has 7 nitrogen and oxygen atoms in total. The van der Waals surface area contributed by atoms with Gasteiger partial charge in [-0.05, 0) is 24.6 Å². The first kappa shape index (κ1) is 19.3. The fourth-order valence-corrected chi connectivity index (χ4v) is 3.04. The van der Waals surface area contributed by atoms with Gasteiger partial charge in [-0.1, -0.05) is 12.1 Å². The number of aryl methyl sites for hydroxylation is 1. The maximum atomic E-state index is 13.0. The molecule has 0 aliphatic carbocycles. The first-order valence-electron chi connectivity index (χ1n) is 9.13. The molecule has 2 unspecified atom stereocenters. The van der Waals surface area contributed by atoms with Gasteiger partial charge in [0.05, 0.1) is 32.0 Å². The summed E-state index contributed by atoms with van der Waals surface area (Å²) in [6.45, 7) is 4.89. The fraction of sp³-hybridized carbons (Fsp3) is 0.474. The van der Waals surface area contributed by atoms with E-state index in [4.69, 9.17) is 4.74 Å². The number of rotatable bonds is 5. The molecule has 0 saturated carbocycles. The van der Waals surface area contributed by atoms with E-state index in [-0.39, 0.29) is 18.5 Å². The van der Waals surface area contributed by atoms with E-state index in [1.807, 2.05) is 26.4 Å². The molecule has 1 aliphatic rings. The third-order valence-corrected chi connectivity index (χ3v) is 4.47. The number of halogens is 1. The van der Waals surface area contributed by atoms with Crippen molar-refractivity contribution >= 4 is 5.96 Å². The zero-order valence-electron chi connectivity index (χ0n) is 15.7. The van der Waals surface area contributed by atoms with E-state index >= 15 is 0 Å². The van der Waals surface area contributed by atoms with Gasteiger partial charge in [0.2, 0.25) is 0 Å². The summed E-state index contributed by atoms with van der Waals surface area (Å²) < 4.78 is 20.7. The third-order valence-electron chi connectivity index (χ3n) is 4.47. The zero-order valence-corrected chi connectivity index (χ0v) is 15.7. The average Bonchev–Trinajstić information content (AvgIpc) is 3.12. The molecule has 27 heavy (non-hydrogen) atoms. The largest absolute Gasteiger partial charge is 0.386 e. The lowest BCUT2D eigenvalue weighted by molar-refractivity contribution is -0.00811. The van der Waals surface area contributed by atoms with Crippen molar-refractivity contribution in [2.24, 2.45) is 12.0 Å². The number of aliphatic hydroxyl groups is 1. The van der Waals surface area contributed by atoms with Crippen LogP contribution in [0.2, 0.25) is 0 Å². The Morgan fingerprint density at radius 1 is 1.44 bits per heavy atom. The molecule has 2 atom stereocenters. The topological polar surface area (TPSA) is 74.9 Å². The number of nitrogens with zero attached hydrogens (tertiary/aromatic N) is 4. The second-order valence-electron chi connectivity index (χ2n) is 6.51. The first-order valence-corrected chi connectivity index (χ1v) is 9.13. The Morgan fingerprint density at radius 2 is 2.22 bits per heavy atom. The average molecular weight is 375 g/mol. The van der Waals surface area contributed by atoms with Crippen LogP contribution in [-0.4, -0.2) is 58.5 Å². The number of benzene rings is 1. The summed E-state index contributed by atoms with van der Waals surface area (Å²) in [5.74, 6) is 0.411. The van der Waals surface area contributed by atoms with E-state index in [1.165, 1.54) is 12.1 Å². The van der Waals surface area contributed by atoms with Crippen molar-refractivity contribution < 1.29 is 14.2 Å². The van der Waals surface area contributed by atoms with E-state index in [0.717, 1.165) is 24.6 Å². The number of aromatic nitrogens is 2. The number of ether oxygens (including phenoxy) is 1. The monoisotopic (exact) mass is 375 g/mol. The van der Waals surface area contributed by atoms with Crippen LogP contribution in [0, 0.1) is 5.82 Å². The number of guanidine groups is 1. The highest BCUT2D eigenvalue weighted by Crippen LogP contribution is 2.22. The molecule has 2 N–H and O–H groups in total. The second kappa shape index (κ2) is 8.96. The van der Waals surface area contributed by atoms with Crippen LogP contribution in [0.25, 0.3) is 0 Å². The molecular formula is C19H26FN5O2. The molecule has 0 spiro atoms. The molecule has 0 amide bonds. The van der Waals surface area contributed by atoms with E-state index in [2.05, 4.69) is 20.3 Å². The van der Waals surface area contributed by atoms with Crippen molar-refractivity contribution in [1.29, 1.82) is 0 Å². The van der Waals surface area contributed by atoms with Gasteiger partial charge in [-0.25, -0.2) is 4.39 Å². The molecule has 2 heterocycles. The summed E-state index contributed by atoms with van der Waals surface area (Å²) in [5, 5.41) is 17.8. The van der Waals surface area contributed by atoms with Gasteiger partial charge in [-0.15, -0.1) is 0 Å². The number of nitrogens with one attached hydrogen (secondary N) is 1. The van der Waals surface area contributed by atoms with Crippen LogP contribution in [0.4, 0.5) is 4.39 Å². The lowest BCUT2D eigenvalue weighted by atomic mass is 10.1. The molecule has 146 valence electrons. The van der Waals surface area contributed by atoms with Crippen molar-refractivity contribution in [2.75, 3.05) is 32.8 Å². The predicted octanol–water partition coefficient (Wildman–Crippen LogP) is 1.63. The van der Waals surface area contributed by atoms with Gasteiger partial charge in [-0.2, -0.15) is 5.10 Å². The van der Waals surface area contributed by atoms with Crippen LogP contribution in [0.5, 0.6) is 0 Å². The molecule has 1 saturated heterocycles. The predicted molar refractivity (Wildman–Crippen MR) is 101 cm³/mol. The highest BCUT2D eigenvalue weighted by atomic mass is 19.1. The maximum absolute atomic E-state index is 13.0. The SMILES string of the molecule is CCNC(=NCC(O)c1ccc(F)cc1)N1CCOC(c2cnn(C)c2)C1. The van der Waals surface area contributed by atoms with Crippen LogP contribution < -0.4 is 5.32 Å². The van der Waals surface area contributed by atoms with Gasteiger partial charge in [0.15, 0.2) is 5.96 Å². The number of hydrogen-bond donors (Lipinski definition) is 2.